The van der Waals surface area contributed by atoms with Crippen molar-refractivity contribution in [2.24, 2.45) is 5.92 Å². The Bertz CT molecular complexity index is 1020. The van der Waals surface area contributed by atoms with Crippen LogP contribution in [0.2, 0.25) is 0 Å². The fourth-order valence-corrected chi connectivity index (χ4v) is 3.68. The second kappa shape index (κ2) is 11.4. The van der Waals surface area contributed by atoms with Crippen LogP contribution in [0.3, 0.4) is 0 Å². The number of carbonyl (C=O) groups excluding carboxylic acids is 1. The number of rotatable bonds is 10. The lowest BCUT2D eigenvalue weighted by molar-refractivity contribution is -0.149. The number of aliphatic hydroxyl groups is 1. The molecular weight excluding hydrogens is 428 g/mol. The summed E-state index contributed by atoms with van der Waals surface area (Å²) in [5, 5.41) is 23.6. The lowest BCUT2D eigenvalue weighted by atomic mass is 9.87. The third-order valence-electron chi connectivity index (χ3n) is 5.42. The van der Waals surface area contributed by atoms with Gasteiger partial charge in [-0.05, 0) is 79.4 Å². The van der Waals surface area contributed by atoms with Gasteiger partial charge in [0, 0.05) is 5.69 Å². The Labute approximate surface area is 191 Å². The van der Waals surface area contributed by atoms with Crippen LogP contribution in [0.5, 0.6) is 5.75 Å². The number of nitrogens with one attached hydrogen (secondary N) is 1. The van der Waals surface area contributed by atoms with Gasteiger partial charge < -0.3 is 20.3 Å². The number of anilines is 1. The maximum absolute atomic E-state index is 13.4. The molecule has 0 bridgehead atoms. The molecule has 3 aromatic carbocycles. The summed E-state index contributed by atoms with van der Waals surface area (Å²) < 4.78 is 31.9. The second-order valence-electron chi connectivity index (χ2n) is 7.72. The third kappa shape index (κ3) is 6.76. The zero-order valence-electron chi connectivity index (χ0n) is 18.2. The molecular formula is C26H27F2NO4. The van der Waals surface area contributed by atoms with Crippen molar-refractivity contribution < 1.29 is 28.5 Å². The number of aromatic hydroxyl groups is 1. The van der Waals surface area contributed by atoms with Crippen molar-refractivity contribution in [3.63, 3.8) is 0 Å². The first kappa shape index (κ1) is 24.2. The van der Waals surface area contributed by atoms with Crippen LogP contribution in [0.25, 0.3) is 0 Å². The maximum atomic E-state index is 13.4. The Morgan fingerprint density at radius 3 is 2.00 bits per heavy atom. The first-order valence-electron chi connectivity index (χ1n) is 10.8. The van der Waals surface area contributed by atoms with Crippen molar-refractivity contribution in [1.29, 1.82) is 0 Å². The molecule has 0 radical (unpaired) electrons. The molecule has 0 fully saturated rings. The van der Waals surface area contributed by atoms with E-state index in [0.29, 0.717) is 16.8 Å². The van der Waals surface area contributed by atoms with E-state index >= 15 is 0 Å². The van der Waals surface area contributed by atoms with Gasteiger partial charge in [-0.3, -0.25) is 4.79 Å². The number of hydrogen-bond acceptors (Lipinski definition) is 5. The quantitative estimate of drug-likeness (QED) is 0.351. The van der Waals surface area contributed by atoms with Gasteiger partial charge in [-0.2, -0.15) is 0 Å². The highest BCUT2D eigenvalue weighted by molar-refractivity contribution is 5.74. The Kier molecular flexibility index (Phi) is 8.38. The number of benzene rings is 3. The molecule has 33 heavy (non-hydrogen) atoms. The number of phenolic OH excluding ortho intramolecular Hbond substituents is 1. The molecule has 0 unspecified atom stereocenters. The maximum Gasteiger partial charge on any atom is 0.311 e. The number of esters is 1. The molecule has 3 rings (SSSR count). The minimum atomic E-state index is -0.895. The van der Waals surface area contributed by atoms with Gasteiger partial charge in [0.15, 0.2) is 0 Å². The molecule has 0 spiro atoms. The predicted octanol–water partition coefficient (Wildman–Crippen LogP) is 5.52. The topological polar surface area (TPSA) is 78.8 Å². The van der Waals surface area contributed by atoms with E-state index in [1.807, 2.05) is 0 Å². The second-order valence-corrected chi connectivity index (χ2v) is 7.72. The highest BCUT2D eigenvalue weighted by atomic mass is 19.1. The SMILES string of the molecule is CCOC(=O)[C@H](CC[C@H](O)c1ccc(F)cc1)[C@H](Nc1ccc(F)cc1)c1ccc(O)cc1. The van der Waals surface area contributed by atoms with Crippen molar-refractivity contribution in [2.45, 2.75) is 31.9 Å². The first-order valence-corrected chi connectivity index (χ1v) is 10.8. The van der Waals surface area contributed by atoms with Crippen LogP contribution in [0.1, 0.15) is 43.0 Å². The minimum absolute atomic E-state index is 0.0821. The molecule has 174 valence electrons. The van der Waals surface area contributed by atoms with E-state index in [9.17, 15) is 23.8 Å². The van der Waals surface area contributed by atoms with Crippen molar-refractivity contribution in [2.75, 3.05) is 11.9 Å². The van der Waals surface area contributed by atoms with Gasteiger partial charge in [0.25, 0.3) is 0 Å². The van der Waals surface area contributed by atoms with Crippen LogP contribution in [0.4, 0.5) is 14.5 Å². The number of carbonyl (C=O) groups is 1. The standard InChI is InChI=1S/C26H27F2NO4/c1-2-33-26(32)23(15-16-24(31)17-3-7-19(27)8-4-17)25(18-5-13-22(30)14-6-18)29-21-11-9-20(28)10-12-21/h3-14,23-25,29-31H,2,15-16H2,1H3/t23-,24+,25-/m1/s1. The molecule has 0 aliphatic rings. The zero-order valence-corrected chi connectivity index (χ0v) is 18.2. The van der Waals surface area contributed by atoms with Crippen LogP contribution >= 0.6 is 0 Å². The van der Waals surface area contributed by atoms with E-state index in [2.05, 4.69) is 5.32 Å². The summed E-state index contributed by atoms with van der Waals surface area (Å²) in [4.78, 5) is 13.0. The fourth-order valence-electron chi connectivity index (χ4n) is 3.68. The fraction of sp³-hybridized carbons (Fsp3) is 0.269. The van der Waals surface area contributed by atoms with Crippen molar-refractivity contribution >= 4 is 11.7 Å². The van der Waals surface area contributed by atoms with Gasteiger partial charge in [0.05, 0.1) is 24.7 Å². The normalized spacial score (nSPS) is 13.7. The Hall–Kier alpha value is -3.45. The van der Waals surface area contributed by atoms with E-state index in [4.69, 9.17) is 4.74 Å². The summed E-state index contributed by atoms with van der Waals surface area (Å²) in [6.45, 7) is 1.90. The van der Waals surface area contributed by atoms with Gasteiger partial charge in [-0.15, -0.1) is 0 Å². The van der Waals surface area contributed by atoms with E-state index in [0.717, 1.165) is 0 Å². The molecule has 7 heteroatoms. The van der Waals surface area contributed by atoms with Crippen LogP contribution < -0.4 is 5.32 Å². The van der Waals surface area contributed by atoms with Gasteiger partial charge in [0.2, 0.25) is 0 Å². The van der Waals surface area contributed by atoms with Crippen molar-refractivity contribution in [1.82, 2.24) is 0 Å². The number of halogens is 2. The van der Waals surface area contributed by atoms with E-state index in [-0.39, 0.29) is 31.0 Å². The van der Waals surface area contributed by atoms with Crippen LogP contribution in [-0.2, 0) is 9.53 Å². The Morgan fingerprint density at radius 2 is 1.42 bits per heavy atom. The molecule has 0 amide bonds. The summed E-state index contributed by atoms with van der Waals surface area (Å²) in [6, 6.07) is 17.2. The third-order valence-corrected chi connectivity index (χ3v) is 5.42. The average Bonchev–Trinajstić information content (AvgIpc) is 2.81. The Balaban J connectivity index is 1.88. The van der Waals surface area contributed by atoms with Crippen LogP contribution in [0, 0.1) is 17.6 Å². The number of hydrogen-bond donors (Lipinski definition) is 3. The Morgan fingerprint density at radius 1 is 0.879 bits per heavy atom. The lowest BCUT2D eigenvalue weighted by Crippen LogP contribution is -2.30. The molecule has 3 N–H and O–H groups in total. The molecule has 0 aromatic heterocycles. The highest BCUT2D eigenvalue weighted by Gasteiger charge is 2.31. The van der Waals surface area contributed by atoms with E-state index < -0.39 is 29.9 Å². The van der Waals surface area contributed by atoms with Crippen molar-refractivity contribution in [3.8, 4) is 5.75 Å². The summed E-state index contributed by atoms with van der Waals surface area (Å²) >= 11 is 0. The highest BCUT2D eigenvalue weighted by Crippen LogP contribution is 2.34. The largest absolute Gasteiger partial charge is 0.508 e. The first-order chi connectivity index (χ1) is 15.9. The molecule has 3 atom stereocenters. The summed E-state index contributed by atoms with van der Waals surface area (Å²) in [7, 11) is 0. The van der Waals surface area contributed by atoms with Gasteiger partial charge in [0.1, 0.15) is 17.4 Å². The molecule has 3 aromatic rings. The predicted molar refractivity (Wildman–Crippen MR) is 122 cm³/mol. The van der Waals surface area contributed by atoms with Gasteiger partial charge in [-0.1, -0.05) is 24.3 Å². The summed E-state index contributed by atoms with van der Waals surface area (Å²) in [5.74, 6) is -1.85. The van der Waals surface area contributed by atoms with E-state index in [1.54, 1.807) is 31.2 Å². The van der Waals surface area contributed by atoms with Crippen molar-refractivity contribution in [3.05, 3.63) is 95.6 Å². The molecule has 0 saturated heterocycles. The molecule has 0 heterocycles. The van der Waals surface area contributed by atoms with Crippen LogP contribution in [-0.4, -0.2) is 22.8 Å². The number of phenols is 1. The molecule has 0 saturated carbocycles. The van der Waals surface area contributed by atoms with Gasteiger partial charge in [-0.25, -0.2) is 8.78 Å². The molecule has 0 aliphatic carbocycles. The zero-order chi connectivity index (χ0) is 23.8. The average molecular weight is 456 g/mol. The minimum Gasteiger partial charge on any atom is -0.508 e. The molecule has 0 aliphatic heterocycles. The van der Waals surface area contributed by atoms with Crippen LogP contribution in [0.15, 0.2) is 72.8 Å². The lowest BCUT2D eigenvalue weighted by Gasteiger charge is -2.29. The number of aliphatic hydroxyl groups excluding tert-OH is 1. The summed E-state index contributed by atoms with van der Waals surface area (Å²) in [6.07, 6.45) is -0.403. The number of ether oxygens (including phenoxy) is 1. The van der Waals surface area contributed by atoms with Gasteiger partial charge >= 0.3 is 5.97 Å². The summed E-state index contributed by atoms with van der Waals surface area (Å²) in [5.41, 5.74) is 1.86. The van der Waals surface area contributed by atoms with E-state index in [1.165, 1.54) is 48.5 Å². The monoisotopic (exact) mass is 455 g/mol. The smallest absolute Gasteiger partial charge is 0.311 e. The molecule has 5 nitrogen and oxygen atoms in total.